The van der Waals surface area contributed by atoms with E-state index in [1.54, 1.807) is 0 Å². The molecule has 0 saturated carbocycles. The van der Waals surface area contributed by atoms with E-state index in [4.69, 9.17) is 0 Å². The highest BCUT2D eigenvalue weighted by atomic mass is 127. The first kappa shape index (κ1) is 21.3. The summed E-state index contributed by atoms with van der Waals surface area (Å²) < 4.78 is 2.01. The van der Waals surface area contributed by atoms with Gasteiger partial charge in [-0.25, -0.2) is 0 Å². The van der Waals surface area contributed by atoms with Gasteiger partial charge < -0.3 is 10.2 Å². The minimum Gasteiger partial charge on any atom is -0.356 e. The van der Waals surface area contributed by atoms with Gasteiger partial charge >= 0.3 is 0 Å². The maximum atomic E-state index is 4.47. The lowest BCUT2D eigenvalue weighted by Gasteiger charge is -2.24. The number of hydrogen-bond acceptors (Lipinski definition) is 2. The Bertz CT molecular complexity index is 495. The first-order valence-electron chi connectivity index (χ1n) is 9.12. The summed E-state index contributed by atoms with van der Waals surface area (Å²) in [4.78, 5) is 6.90. The number of rotatable bonds is 7. The predicted molar refractivity (Wildman–Crippen MR) is 112 cm³/mol. The molecule has 6 heteroatoms. The topological polar surface area (TPSA) is 45.5 Å². The van der Waals surface area contributed by atoms with Crippen LogP contribution in [0.25, 0.3) is 0 Å². The van der Waals surface area contributed by atoms with Gasteiger partial charge in [-0.3, -0.25) is 9.67 Å². The molecule has 1 aliphatic heterocycles. The quantitative estimate of drug-likeness (QED) is 0.301. The summed E-state index contributed by atoms with van der Waals surface area (Å²) in [5.74, 6) is 2.76. The van der Waals surface area contributed by atoms with Crippen LogP contribution in [-0.2, 0) is 6.54 Å². The second-order valence-electron chi connectivity index (χ2n) is 6.68. The van der Waals surface area contributed by atoms with Crippen LogP contribution in [0.4, 0.5) is 0 Å². The summed E-state index contributed by atoms with van der Waals surface area (Å²) in [6.45, 7) is 10.9. The van der Waals surface area contributed by atoms with Crippen LogP contribution < -0.4 is 5.32 Å². The average Bonchev–Trinajstić information content (AvgIpc) is 3.18. The van der Waals surface area contributed by atoms with Crippen molar-refractivity contribution in [1.29, 1.82) is 0 Å². The van der Waals surface area contributed by atoms with Crippen molar-refractivity contribution in [3.05, 3.63) is 18.0 Å². The van der Waals surface area contributed by atoms with Crippen LogP contribution in [0.5, 0.6) is 0 Å². The van der Waals surface area contributed by atoms with Gasteiger partial charge in [0.1, 0.15) is 0 Å². The number of aliphatic imine (C=N–C) groups is 1. The minimum atomic E-state index is 0. The Morgan fingerprint density at radius 3 is 2.75 bits per heavy atom. The van der Waals surface area contributed by atoms with E-state index < -0.39 is 0 Å². The van der Waals surface area contributed by atoms with E-state index >= 15 is 0 Å². The Hall–Kier alpha value is -0.790. The fraction of sp³-hybridized carbons (Fsp3) is 0.778. The molecule has 0 spiro atoms. The monoisotopic (exact) mass is 447 g/mol. The lowest BCUT2D eigenvalue weighted by Crippen LogP contribution is -2.41. The molecule has 1 aromatic rings. The van der Waals surface area contributed by atoms with Gasteiger partial charge in [-0.15, -0.1) is 24.0 Å². The molecule has 1 fully saturated rings. The fourth-order valence-corrected chi connectivity index (χ4v) is 3.68. The van der Waals surface area contributed by atoms with Gasteiger partial charge in [0.2, 0.25) is 0 Å². The molecule has 5 nitrogen and oxygen atoms in total. The highest BCUT2D eigenvalue weighted by molar-refractivity contribution is 14.0. The molecule has 2 heterocycles. The molecule has 1 atom stereocenters. The molecule has 0 radical (unpaired) electrons. The third kappa shape index (κ3) is 5.93. The maximum absolute atomic E-state index is 4.47. The van der Waals surface area contributed by atoms with Crippen molar-refractivity contribution >= 4 is 29.9 Å². The van der Waals surface area contributed by atoms with Crippen LogP contribution in [0, 0.1) is 18.8 Å². The Labute approximate surface area is 164 Å². The fourth-order valence-electron chi connectivity index (χ4n) is 3.68. The summed E-state index contributed by atoms with van der Waals surface area (Å²) >= 11 is 0. The largest absolute Gasteiger partial charge is 0.356 e. The predicted octanol–water partition coefficient (Wildman–Crippen LogP) is 3.53. The van der Waals surface area contributed by atoms with Gasteiger partial charge in [0.15, 0.2) is 5.96 Å². The van der Waals surface area contributed by atoms with Crippen molar-refractivity contribution in [2.45, 2.75) is 53.0 Å². The summed E-state index contributed by atoms with van der Waals surface area (Å²) in [6.07, 6.45) is 8.96. The normalized spacial score (nSPS) is 18.1. The molecule has 0 amide bonds. The van der Waals surface area contributed by atoms with Crippen LogP contribution in [0.15, 0.2) is 17.4 Å². The molecule has 0 aromatic carbocycles. The van der Waals surface area contributed by atoms with Gasteiger partial charge in [-0.1, -0.05) is 26.7 Å². The molecule has 24 heavy (non-hydrogen) atoms. The molecule has 1 aromatic heterocycles. The van der Waals surface area contributed by atoms with Crippen molar-refractivity contribution in [3.63, 3.8) is 0 Å². The van der Waals surface area contributed by atoms with Crippen LogP contribution in [0.2, 0.25) is 0 Å². The second kappa shape index (κ2) is 10.9. The minimum absolute atomic E-state index is 0. The molecular formula is C18H34IN5. The smallest absolute Gasteiger partial charge is 0.193 e. The number of likely N-dealkylation sites (tertiary alicyclic amines) is 1. The third-order valence-electron chi connectivity index (χ3n) is 5.06. The molecule has 0 bridgehead atoms. The van der Waals surface area contributed by atoms with Gasteiger partial charge in [-0.2, -0.15) is 5.10 Å². The standard InChI is InChI=1S/C18H33N5.HI/c1-5-16(6-2)17-8-11-22(14-17)18(19-4)20-9-7-10-23-13-15(3)12-21-23;/h12-13,16-17H,5-11,14H2,1-4H3,(H,19,20);1H. The van der Waals surface area contributed by atoms with Crippen molar-refractivity contribution in [2.24, 2.45) is 16.8 Å². The van der Waals surface area contributed by atoms with E-state index in [9.17, 15) is 0 Å². The molecule has 1 saturated heterocycles. The molecular weight excluding hydrogens is 413 g/mol. The number of guanidine groups is 1. The van der Waals surface area contributed by atoms with Crippen molar-refractivity contribution < 1.29 is 0 Å². The number of aryl methyl sites for hydroxylation is 2. The van der Waals surface area contributed by atoms with Crippen molar-refractivity contribution in [2.75, 3.05) is 26.7 Å². The zero-order valence-electron chi connectivity index (χ0n) is 15.7. The van der Waals surface area contributed by atoms with Gasteiger partial charge in [0.05, 0.1) is 6.20 Å². The average molecular weight is 447 g/mol. The highest BCUT2D eigenvalue weighted by Crippen LogP contribution is 2.28. The summed E-state index contributed by atoms with van der Waals surface area (Å²) in [5.41, 5.74) is 1.22. The third-order valence-corrected chi connectivity index (χ3v) is 5.06. The van der Waals surface area contributed by atoms with E-state index in [1.165, 1.54) is 24.8 Å². The molecule has 138 valence electrons. The molecule has 1 aliphatic rings. The lowest BCUT2D eigenvalue weighted by molar-refractivity contribution is 0.319. The Balaban J connectivity index is 0.00000288. The number of nitrogens with one attached hydrogen (secondary N) is 1. The van der Waals surface area contributed by atoms with Gasteiger partial charge in [0.25, 0.3) is 0 Å². The van der Waals surface area contributed by atoms with Crippen LogP contribution in [0.1, 0.15) is 45.1 Å². The van der Waals surface area contributed by atoms with Gasteiger partial charge in [-0.05, 0) is 37.2 Å². The lowest BCUT2D eigenvalue weighted by atomic mass is 9.87. The zero-order valence-corrected chi connectivity index (χ0v) is 18.0. The van der Waals surface area contributed by atoms with E-state index in [1.807, 2.05) is 17.9 Å². The highest BCUT2D eigenvalue weighted by Gasteiger charge is 2.29. The summed E-state index contributed by atoms with van der Waals surface area (Å²) in [7, 11) is 1.89. The summed E-state index contributed by atoms with van der Waals surface area (Å²) in [6, 6.07) is 0. The van der Waals surface area contributed by atoms with Crippen molar-refractivity contribution in [1.82, 2.24) is 20.0 Å². The van der Waals surface area contributed by atoms with Crippen LogP contribution in [0.3, 0.4) is 0 Å². The summed E-state index contributed by atoms with van der Waals surface area (Å²) in [5, 5.41) is 7.85. The SMILES string of the molecule is CCC(CC)C1CCN(C(=NC)NCCCn2cc(C)cn2)C1.I. The number of aromatic nitrogens is 2. The number of halogens is 1. The van der Waals surface area contributed by atoms with Gasteiger partial charge in [0, 0.05) is 39.4 Å². The molecule has 0 aliphatic carbocycles. The van der Waals surface area contributed by atoms with Crippen LogP contribution >= 0.6 is 24.0 Å². The molecule has 1 unspecified atom stereocenters. The molecule has 2 rings (SSSR count). The molecule has 1 N–H and O–H groups in total. The van der Waals surface area contributed by atoms with E-state index in [0.29, 0.717) is 0 Å². The van der Waals surface area contributed by atoms with Crippen molar-refractivity contribution in [3.8, 4) is 0 Å². The van der Waals surface area contributed by atoms with E-state index in [0.717, 1.165) is 50.4 Å². The Morgan fingerprint density at radius 2 is 2.17 bits per heavy atom. The number of hydrogen-bond donors (Lipinski definition) is 1. The van der Waals surface area contributed by atoms with E-state index in [2.05, 4.69) is 47.3 Å². The number of nitrogens with zero attached hydrogens (tertiary/aromatic N) is 4. The first-order chi connectivity index (χ1) is 11.2. The van der Waals surface area contributed by atoms with Crippen LogP contribution in [-0.4, -0.2) is 47.3 Å². The Kier molecular flexibility index (Phi) is 9.69. The zero-order chi connectivity index (χ0) is 16.7. The maximum Gasteiger partial charge on any atom is 0.193 e. The van der Waals surface area contributed by atoms with E-state index in [-0.39, 0.29) is 24.0 Å². The first-order valence-corrected chi connectivity index (χ1v) is 9.12. The Morgan fingerprint density at radius 1 is 1.42 bits per heavy atom. The second-order valence-corrected chi connectivity index (χ2v) is 6.68.